The van der Waals surface area contributed by atoms with E-state index in [9.17, 15) is 0 Å². The number of benzene rings is 1. The molecule has 0 unspecified atom stereocenters. The fourth-order valence-electron chi connectivity index (χ4n) is 4.96. The normalized spacial score (nSPS) is 31.7. The second-order valence-electron chi connectivity index (χ2n) is 8.81. The van der Waals surface area contributed by atoms with Gasteiger partial charge in [0.05, 0.1) is 11.7 Å². The quantitative estimate of drug-likeness (QED) is 0.825. The molecule has 2 atom stereocenters. The van der Waals surface area contributed by atoms with Gasteiger partial charge in [0.15, 0.2) is 0 Å². The smallest absolute Gasteiger partial charge is 0.0825 e. The molecule has 0 bridgehead atoms. The maximum atomic E-state index is 6.77. The van der Waals surface area contributed by atoms with Gasteiger partial charge in [-0.05, 0) is 50.8 Å². The fourth-order valence-corrected chi connectivity index (χ4v) is 4.96. The Morgan fingerprint density at radius 2 is 1.85 bits per heavy atom. The third-order valence-corrected chi connectivity index (χ3v) is 6.68. The van der Waals surface area contributed by atoms with Gasteiger partial charge in [0, 0.05) is 52.4 Å². The fraction of sp³-hybridized carbons (Fsp3) is 0.727. The van der Waals surface area contributed by atoms with Crippen molar-refractivity contribution in [3.63, 3.8) is 0 Å². The second kappa shape index (κ2) is 7.97. The minimum absolute atomic E-state index is 0.123. The number of likely N-dealkylation sites (tertiary alicyclic amines) is 1. The van der Waals surface area contributed by atoms with Crippen molar-refractivity contribution >= 4 is 0 Å². The van der Waals surface area contributed by atoms with E-state index in [4.69, 9.17) is 4.74 Å². The van der Waals surface area contributed by atoms with Crippen LogP contribution >= 0.6 is 0 Å². The van der Waals surface area contributed by atoms with Gasteiger partial charge in [-0.2, -0.15) is 0 Å². The molecular weight excluding hydrogens is 322 g/mol. The number of nitrogens with zero attached hydrogens (tertiary/aromatic N) is 3. The molecular formula is C22H35N3O. The van der Waals surface area contributed by atoms with Crippen molar-refractivity contribution in [2.45, 2.75) is 50.9 Å². The van der Waals surface area contributed by atoms with E-state index in [2.05, 4.69) is 52.9 Å². The monoisotopic (exact) mass is 357 g/mol. The zero-order chi connectivity index (χ0) is 18.0. The van der Waals surface area contributed by atoms with E-state index in [1.165, 1.54) is 69.5 Å². The van der Waals surface area contributed by atoms with Gasteiger partial charge in [-0.25, -0.2) is 0 Å². The van der Waals surface area contributed by atoms with E-state index in [-0.39, 0.29) is 5.60 Å². The van der Waals surface area contributed by atoms with Crippen LogP contribution in [0.1, 0.15) is 36.8 Å². The molecule has 1 aromatic carbocycles. The van der Waals surface area contributed by atoms with Crippen molar-refractivity contribution in [1.82, 2.24) is 14.7 Å². The number of piperazine rings is 1. The molecule has 4 nitrogen and oxygen atoms in total. The van der Waals surface area contributed by atoms with Gasteiger partial charge in [-0.3, -0.25) is 9.80 Å². The van der Waals surface area contributed by atoms with Crippen LogP contribution in [0, 0.1) is 6.92 Å². The van der Waals surface area contributed by atoms with Gasteiger partial charge in [-0.15, -0.1) is 0 Å². The van der Waals surface area contributed by atoms with Gasteiger partial charge in [0.1, 0.15) is 0 Å². The summed E-state index contributed by atoms with van der Waals surface area (Å²) in [6.45, 7) is 11.5. The molecule has 4 heteroatoms. The molecule has 144 valence electrons. The Hall–Kier alpha value is -0.940. The Labute approximate surface area is 159 Å². The van der Waals surface area contributed by atoms with Crippen LogP contribution in [0.2, 0.25) is 0 Å². The molecule has 3 aliphatic heterocycles. The molecule has 1 aromatic rings. The Morgan fingerprint density at radius 3 is 2.65 bits per heavy atom. The first-order valence-corrected chi connectivity index (χ1v) is 10.5. The maximum absolute atomic E-state index is 6.77. The predicted molar refractivity (Wildman–Crippen MR) is 106 cm³/mol. The van der Waals surface area contributed by atoms with E-state index < -0.39 is 0 Å². The van der Waals surface area contributed by atoms with Gasteiger partial charge >= 0.3 is 0 Å². The predicted octanol–water partition coefficient (Wildman–Crippen LogP) is 2.76. The molecule has 3 saturated heterocycles. The second-order valence-corrected chi connectivity index (χ2v) is 8.81. The summed E-state index contributed by atoms with van der Waals surface area (Å²) < 4.78 is 6.77. The van der Waals surface area contributed by atoms with Crippen LogP contribution in [0.5, 0.6) is 0 Å². The van der Waals surface area contributed by atoms with E-state index >= 15 is 0 Å². The molecule has 0 N–H and O–H groups in total. The average Bonchev–Trinajstić information content (AvgIpc) is 3.01. The summed E-state index contributed by atoms with van der Waals surface area (Å²) in [5, 5.41) is 0. The minimum atomic E-state index is 0.123. The standard InChI is InChI=1S/C22H35N3O/c1-19-6-3-4-7-20(19)16-25-11-10-22(18-25)9-5-8-21(26-22)17-24-14-12-23(2)13-15-24/h3-4,6-7,21H,5,8-18H2,1-2H3/t21-,22+/m0/s1. The molecule has 0 amide bonds. The third kappa shape index (κ3) is 4.30. The molecule has 0 saturated carbocycles. The summed E-state index contributed by atoms with van der Waals surface area (Å²) in [7, 11) is 2.23. The Morgan fingerprint density at radius 1 is 1.04 bits per heavy atom. The Bertz CT molecular complexity index is 599. The largest absolute Gasteiger partial charge is 0.369 e. The maximum Gasteiger partial charge on any atom is 0.0825 e. The molecule has 26 heavy (non-hydrogen) atoms. The number of rotatable bonds is 4. The first-order chi connectivity index (χ1) is 12.6. The van der Waals surface area contributed by atoms with Crippen molar-refractivity contribution in [1.29, 1.82) is 0 Å². The number of hydrogen-bond acceptors (Lipinski definition) is 4. The van der Waals surface area contributed by atoms with Gasteiger partial charge < -0.3 is 9.64 Å². The van der Waals surface area contributed by atoms with Crippen molar-refractivity contribution in [3.8, 4) is 0 Å². The topological polar surface area (TPSA) is 19.0 Å². The van der Waals surface area contributed by atoms with Gasteiger partial charge in [-0.1, -0.05) is 24.3 Å². The zero-order valence-corrected chi connectivity index (χ0v) is 16.6. The minimum Gasteiger partial charge on any atom is -0.369 e. The van der Waals surface area contributed by atoms with Crippen molar-refractivity contribution in [2.24, 2.45) is 0 Å². The highest BCUT2D eigenvalue weighted by molar-refractivity contribution is 5.25. The highest BCUT2D eigenvalue weighted by atomic mass is 16.5. The van der Waals surface area contributed by atoms with Gasteiger partial charge in [0.2, 0.25) is 0 Å². The average molecular weight is 358 g/mol. The molecule has 4 rings (SSSR count). The molecule has 1 spiro atoms. The van der Waals surface area contributed by atoms with E-state index in [1.807, 2.05) is 0 Å². The SMILES string of the molecule is Cc1ccccc1CN1CC[C@]2(CCC[C@@H](CN3CCN(C)CC3)O2)C1. The molecule has 0 aromatic heterocycles. The summed E-state index contributed by atoms with van der Waals surface area (Å²) in [5.74, 6) is 0. The highest BCUT2D eigenvalue weighted by Crippen LogP contribution is 2.37. The zero-order valence-electron chi connectivity index (χ0n) is 16.6. The Balaban J connectivity index is 1.32. The van der Waals surface area contributed by atoms with Crippen molar-refractivity contribution in [2.75, 3.05) is 52.9 Å². The van der Waals surface area contributed by atoms with Crippen LogP contribution in [0.3, 0.4) is 0 Å². The number of aryl methyl sites for hydroxylation is 1. The summed E-state index contributed by atoms with van der Waals surface area (Å²) in [4.78, 5) is 7.66. The molecule has 3 aliphatic rings. The van der Waals surface area contributed by atoms with Crippen LogP contribution in [0.4, 0.5) is 0 Å². The summed E-state index contributed by atoms with van der Waals surface area (Å²) in [6.07, 6.45) is 5.46. The lowest BCUT2D eigenvalue weighted by atomic mass is 9.90. The summed E-state index contributed by atoms with van der Waals surface area (Å²) in [6, 6.07) is 8.80. The Kier molecular flexibility index (Phi) is 5.65. The van der Waals surface area contributed by atoms with Gasteiger partial charge in [0.25, 0.3) is 0 Å². The lowest BCUT2D eigenvalue weighted by molar-refractivity contribution is -0.130. The summed E-state index contributed by atoms with van der Waals surface area (Å²) in [5.41, 5.74) is 3.00. The van der Waals surface area contributed by atoms with Crippen molar-refractivity contribution < 1.29 is 4.74 Å². The number of hydrogen-bond donors (Lipinski definition) is 0. The van der Waals surface area contributed by atoms with Crippen LogP contribution in [-0.4, -0.2) is 79.3 Å². The van der Waals surface area contributed by atoms with E-state index in [0.717, 1.165) is 19.6 Å². The van der Waals surface area contributed by atoms with Crippen LogP contribution in [0.15, 0.2) is 24.3 Å². The van der Waals surface area contributed by atoms with Crippen molar-refractivity contribution in [3.05, 3.63) is 35.4 Å². The van der Waals surface area contributed by atoms with Crippen LogP contribution < -0.4 is 0 Å². The summed E-state index contributed by atoms with van der Waals surface area (Å²) >= 11 is 0. The molecule has 0 aliphatic carbocycles. The molecule has 3 heterocycles. The first-order valence-electron chi connectivity index (χ1n) is 10.5. The van der Waals surface area contributed by atoms with Crippen LogP contribution in [-0.2, 0) is 11.3 Å². The number of ether oxygens (including phenoxy) is 1. The van der Waals surface area contributed by atoms with E-state index in [1.54, 1.807) is 0 Å². The van der Waals surface area contributed by atoms with Crippen LogP contribution in [0.25, 0.3) is 0 Å². The first kappa shape index (κ1) is 18.4. The third-order valence-electron chi connectivity index (χ3n) is 6.68. The molecule has 0 radical (unpaired) electrons. The molecule has 3 fully saturated rings. The van der Waals surface area contributed by atoms with E-state index in [0.29, 0.717) is 6.10 Å². The lowest BCUT2D eigenvalue weighted by Gasteiger charge is -2.42. The highest BCUT2D eigenvalue weighted by Gasteiger charge is 2.43. The lowest BCUT2D eigenvalue weighted by Crippen LogP contribution is -2.51. The number of likely N-dealkylation sites (N-methyl/N-ethyl adjacent to an activating group) is 1.